The number of carbonyl (C=O) groups is 1. The maximum absolute atomic E-state index is 12.2. The third-order valence-corrected chi connectivity index (χ3v) is 4.80. The highest BCUT2D eigenvalue weighted by Crippen LogP contribution is 2.35. The number of hydrogen-bond donors (Lipinski definition) is 2. The molecule has 0 fully saturated rings. The van der Waals surface area contributed by atoms with E-state index in [4.69, 9.17) is 9.47 Å². The molecule has 27 heavy (non-hydrogen) atoms. The fraction of sp³-hybridized carbons (Fsp3) is 0.200. The molecule has 0 spiro atoms. The van der Waals surface area contributed by atoms with Crippen LogP contribution in [0.5, 0.6) is 11.5 Å². The van der Waals surface area contributed by atoms with Gasteiger partial charge >= 0.3 is 6.03 Å². The molecule has 1 aromatic heterocycles. The molecule has 0 saturated carbocycles. The lowest BCUT2D eigenvalue weighted by Gasteiger charge is -2.18. The Balaban J connectivity index is 1.45. The van der Waals surface area contributed by atoms with Crippen molar-refractivity contribution in [3.8, 4) is 22.8 Å². The molecule has 0 atom stereocenters. The first-order chi connectivity index (χ1) is 13.1. The molecular weight excluding hydrogens is 362 g/mol. The smallest absolute Gasteiger partial charge is 0.325 e. The highest BCUT2D eigenvalue weighted by molar-refractivity contribution is 7.14. The molecule has 138 valence electrons. The van der Waals surface area contributed by atoms with Gasteiger partial charge in [-0.15, -0.1) is 11.3 Å². The topological polar surface area (TPSA) is 72.5 Å². The molecule has 2 amide bonds. The Morgan fingerprint density at radius 3 is 2.52 bits per heavy atom. The normalized spacial score (nSPS) is 12.5. The van der Waals surface area contributed by atoms with Gasteiger partial charge in [-0.1, -0.05) is 6.07 Å². The van der Waals surface area contributed by atoms with Crippen LogP contribution in [0.3, 0.4) is 0 Å². The average Bonchev–Trinajstić information content (AvgIpc) is 3.08. The first-order valence-corrected chi connectivity index (χ1v) is 9.47. The summed E-state index contributed by atoms with van der Waals surface area (Å²) in [4.78, 5) is 16.7. The summed E-state index contributed by atoms with van der Waals surface area (Å²) < 4.78 is 11.2. The van der Waals surface area contributed by atoms with E-state index >= 15 is 0 Å². The third-order valence-electron chi connectivity index (χ3n) is 4.04. The Labute approximate surface area is 161 Å². The zero-order valence-corrected chi connectivity index (χ0v) is 15.9. The molecule has 3 aromatic rings. The monoisotopic (exact) mass is 381 g/mol. The molecule has 6 nitrogen and oxygen atoms in total. The molecule has 2 heterocycles. The SMILES string of the molecule is Cc1cc(C)cc(NC(=O)Nc2nc(-c3ccc4c(c3)OCCO4)cs2)c1. The van der Waals surface area contributed by atoms with Gasteiger partial charge in [0.25, 0.3) is 0 Å². The minimum Gasteiger partial charge on any atom is -0.486 e. The first kappa shape index (κ1) is 17.4. The van der Waals surface area contributed by atoms with Gasteiger partial charge < -0.3 is 14.8 Å². The Morgan fingerprint density at radius 1 is 1.00 bits per heavy atom. The van der Waals surface area contributed by atoms with E-state index in [-0.39, 0.29) is 6.03 Å². The van der Waals surface area contributed by atoms with Crippen molar-refractivity contribution in [2.24, 2.45) is 0 Å². The number of anilines is 2. The summed E-state index contributed by atoms with van der Waals surface area (Å²) in [7, 11) is 0. The lowest BCUT2D eigenvalue weighted by molar-refractivity contribution is 0.171. The largest absolute Gasteiger partial charge is 0.486 e. The quantitative estimate of drug-likeness (QED) is 0.681. The van der Waals surface area contributed by atoms with Crippen molar-refractivity contribution in [1.29, 1.82) is 0 Å². The second-order valence-corrected chi connectivity index (χ2v) is 7.21. The van der Waals surface area contributed by atoms with Crippen LogP contribution in [-0.4, -0.2) is 24.2 Å². The Bertz CT molecular complexity index is 980. The van der Waals surface area contributed by atoms with E-state index in [2.05, 4.69) is 21.7 Å². The first-order valence-electron chi connectivity index (χ1n) is 8.59. The number of hydrogen-bond acceptors (Lipinski definition) is 5. The zero-order valence-electron chi connectivity index (χ0n) is 15.0. The highest BCUT2D eigenvalue weighted by Gasteiger charge is 2.14. The summed E-state index contributed by atoms with van der Waals surface area (Å²) in [6.45, 7) is 5.10. The van der Waals surface area contributed by atoms with Gasteiger partial charge in [-0.25, -0.2) is 9.78 Å². The molecule has 1 aliphatic rings. The second-order valence-electron chi connectivity index (χ2n) is 6.35. The zero-order chi connectivity index (χ0) is 18.8. The van der Waals surface area contributed by atoms with E-state index in [0.717, 1.165) is 33.8 Å². The van der Waals surface area contributed by atoms with Crippen molar-refractivity contribution < 1.29 is 14.3 Å². The van der Waals surface area contributed by atoms with Gasteiger partial charge in [-0.05, 0) is 55.3 Å². The maximum atomic E-state index is 12.2. The van der Waals surface area contributed by atoms with Crippen molar-refractivity contribution in [3.05, 3.63) is 52.9 Å². The van der Waals surface area contributed by atoms with Crippen molar-refractivity contribution in [1.82, 2.24) is 4.98 Å². The number of nitrogens with one attached hydrogen (secondary N) is 2. The number of fused-ring (bicyclic) bond motifs is 1. The number of aryl methyl sites for hydroxylation is 2. The van der Waals surface area contributed by atoms with Gasteiger partial charge in [0, 0.05) is 16.6 Å². The Kier molecular flexibility index (Phi) is 4.68. The van der Waals surface area contributed by atoms with Gasteiger partial charge in [-0.2, -0.15) is 0 Å². The van der Waals surface area contributed by atoms with E-state index in [0.29, 0.717) is 24.1 Å². The van der Waals surface area contributed by atoms with Crippen molar-refractivity contribution in [2.45, 2.75) is 13.8 Å². The maximum Gasteiger partial charge on any atom is 0.325 e. The van der Waals surface area contributed by atoms with E-state index in [1.54, 1.807) is 0 Å². The molecule has 0 bridgehead atoms. The number of nitrogens with zero attached hydrogens (tertiary/aromatic N) is 1. The lowest BCUT2D eigenvalue weighted by atomic mass is 10.1. The number of aromatic nitrogens is 1. The Hall–Kier alpha value is -3.06. The third kappa shape index (κ3) is 4.03. The molecule has 0 saturated heterocycles. The summed E-state index contributed by atoms with van der Waals surface area (Å²) in [5.74, 6) is 1.46. The average molecular weight is 381 g/mol. The molecule has 2 N–H and O–H groups in total. The number of rotatable bonds is 3. The standard InChI is InChI=1S/C20H19N3O3S/c1-12-7-13(2)9-15(8-12)21-19(24)23-20-22-16(11-27-20)14-3-4-17-18(10-14)26-6-5-25-17/h3-4,7-11H,5-6H2,1-2H3,(H2,21,22,23,24). The molecule has 1 aliphatic heterocycles. The minimum absolute atomic E-state index is 0.317. The van der Waals surface area contributed by atoms with Crippen LogP contribution in [0.15, 0.2) is 41.8 Å². The predicted molar refractivity (Wildman–Crippen MR) is 107 cm³/mol. The van der Waals surface area contributed by atoms with Crippen LogP contribution < -0.4 is 20.1 Å². The van der Waals surface area contributed by atoms with Gasteiger partial charge in [0.2, 0.25) is 0 Å². The summed E-state index contributed by atoms with van der Waals surface area (Å²) in [6.07, 6.45) is 0. The van der Waals surface area contributed by atoms with E-state index < -0.39 is 0 Å². The van der Waals surface area contributed by atoms with E-state index in [1.165, 1.54) is 11.3 Å². The summed E-state index contributed by atoms with van der Waals surface area (Å²) >= 11 is 1.37. The fourth-order valence-electron chi connectivity index (χ4n) is 2.97. The fourth-order valence-corrected chi connectivity index (χ4v) is 3.69. The van der Waals surface area contributed by atoms with Crippen LogP contribution in [0.2, 0.25) is 0 Å². The van der Waals surface area contributed by atoms with Gasteiger partial charge in [0.1, 0.15) is 13.2 Å². The highest BCUT2D eigenvalue weighted by atomic mass is 32.1. The number of thiazole rings is 1. The molecule has 7 heteroatoms. The lowest BCUT2D eigenvalue weighted by Crippen LogP contribution is -2.19. The summed E-state index contributed by atoms with van der Waals surface area (Å²) in [5, 5.41) is 8.06. The molecular formula is C20H19N3O3S. The molecule has 0 aliphatic carbocycles. The number of ether oxygens (including phenoxy) is 2. The van der Waals surface area contributed by atoms with Gasteiger partial charge in [0.05, 0.1) is 5.69 Å². The molecule has 2 aromatic carbocycles. The van der Waals surface area contributed by atoms with Crippen molar-refractivity contribution >= 4 is 28.2 Å². The summed E-state index contributed by atoms with van der Waals surface area (Å²) in [5.41, 5.74) is 4.64. The molecule has 4 rings (SSSR count). The van der Waals surface area contributed by atoms with Crippen LogP contribution >= 0.6 is 11.3 Å². The number of urea groups is 1. The van der Waals surface area contributed by atoms with Crippen molar-refractivity contribution in [3.63, 3.8) is 0 Å². The number of benzene rings is 2. The molecule has 0 unspecified atom stereocenters. The predicted octanol–water partition coefficient (Wildman–Crippen LogP) is 4.84. The molecule has 0 radical (unpaired) electrons. The van der Waals surface area contributed by atoms with E-state index in [1.807, 2.05) is 49.6 Å². The van der Waals surface area contributed by atoms with Crippen LogP contribution in [0.4, 0.5) is 15.6 Å². The van der Waals surface area contributed by atoms with E-state index in [9.17, 15) is 4.79 Å². The van der Waals surface area contributed by atoms with Crippen LogP contribution in [-0.2, 0) is 0 Å². The van der Waals surface area contributed by atoms with Gasteiger partial charge in [-0.3, -0.25) is 5.32 Å². The van der Waals surface area contributed by atoms with Gasteiger partial charge in [0.15, 0.2) is 16.6 Å². The van der Waals surface area contributed by atoms with Crippen LogP contribution in [0.25, 0.3) is 11.3 Å². The Morgan fingerprint density at radius 2 is 1.74 bits per heavy atom. The summed E-state index contributed by atoms with van der Waals surface area (Å²) in [6, 6.07) is 11.3. The minimum atomic E-state index is -0.317. The second kappa shape index (κ2) is 7.28. The number of carbonyl (C=O) groups excluding carboxylic acids is 1. The van der Waals surface area contributed by atoms with Crippen LogP contribution in [0.1, 0.15) is 11.1 Å². The van der Waals surface area contributed by atoms with Crippen molar-refractivity contribution in [2.75, 3.05) is 23.8 Å². The van der Waals surface area contributed by atoms with Crippen LogP contribution in [0, 0.1) is 13.8 Å². The number of amides is 2.